The number of halogens is 1. The second-order valence-electron chi connectivity index (χ2n) is 6.78. The summed E-state index contributed by atoms with van der Waals surface area (Å²) in [6.45, 7) is 5.73. The van der Waals surface area contributed by atoms with Crippen LogP contribution in [0.3, 0.4) is 0 Å². The van der Waals surface area contributed by atoms with Crippen molar-refractivity contribution in [3.63, 3.8) is 0 Å². The number of hydrogen-bond donors (Lipinski definition) is 1. The molecule has 0 aliphatic rings. The van der Waals surface area contributed by atoms with Crippen molar-refractivity contribution in [2.75, 3.05) is 14.2 Å². The molecule has 0 radical (unpaired) electrons. The normalized spacial score (nSPS) is 11.2. The Morgan fingerprint density at radius 1 is 1.23 bits per heavy atom. The van der Waals surface area contributed by atoms with Crippen molar-refractivity contribution in [3.8, 4) is 5.75 Å². The van der Waals surface area contributed by atoms with Crippen LogP contribution in [0.5, 0.6) is 5.75 Å². The van der Waals surface area contributed by atoms with Crippen LogP contribution in [0.4, 0.5) is 0 Å². The summed E-state index contributed by atoms with van der Waals surface area (Å²) in [6.07, 6.45) is 0. The van der Waals surface area contributed by atoms with Crippen LogP contribution in [0.15, 0.2) is 34.6 Å². The summed E-state index contributed by atoms with van der Waals surface area (Å²) in [5, 5.41) is 14.9. The van der Waals surface area contributed by atoms with Gasteiger partial charge in [-0.1, -0.05) is 12.1 Å². The molecule has 0 saturated heterocycles. The second kappa shape index (κ2) is 11.3. The third-order valence-corrected chi connectivity index (χ3v) is 5.41. The summed E-state index contributed by atoms with van der Waals surface area (Å²) in [6, 6.07) is 7.94. The van der Waals surface area contributed by atoms with Gasteiger partial charge in [0.1, 0.15) is 11.6 Å². The van der Waals surface area contributed by atoms with Gasteiger partial charge in [-0.2, -0.15) is 0 Å². The van der Waals surface area contributed by atoms with Gasteiger partial charge in [0, 0.05) is 19.5 Å². The van der Waals surface area contributed by atoms with E-state index in [1.165, 1.54) is 0 Å². The van der Waals surface area contributed by atoms with Crippen molar-refractivity contribution in [1.29, 1.82) is 0 Å². The second-order valence-corrected chi connectivity index (χ2v) is 7.84. The molecule has 10 heteroatoms. The van der Waals surface area contributed by atoms with Crippen molar-refractivity contribution in [2.24, 2.45) is 12.0 Å². The molecule has 0 fully saturated rings. The van der Waals surface area contributed by atoms with Crippen molar-refractivity contribution < 1.29 is 4.74 Å². The van der Waals surface area contributed by atoms with Gasteiger partial charge in [-0.15, -0.1) is 45.5 Å². The molecule has 0 aliphatic heterocycles. The molecule has 3 rings (SSSR count). The van der Waals surface area contributed by atoms with Gasteiger partial charge < -0.3 is 19.5 Å². The molecule has 2 heterocycles. The summed E-state index contributed by atoms with van der Waals surface area (Å²) in [5.74, 6) is 3.36. The molecule has 0 amide bonds. The van der Waals surface area contributed by atoms with E-state index in [-0.39, 0.29) is 24.0 Å². The Bertz CT molecular complexity index is 968. The Morgan fingerprint density at radius 2 is 1.97 bits per heavy atom. The van der Waals surface area contributed by atoms with Crippen LogP contribution in [0.25, 0.3) is 0 Å². The molecular formula is C20H28IN7OS. The van der Waals surface area contributed by atoms with E-state index < -0.39 is 0 Å². The number of aromatic nitrogens is 4. The van der Waals surface area contributed by atoms with Crippen LogP contribution >= 0.6 is 35.3 Å². The molecule has 0 aliphatic carbocycles. The SMILES string of the molecule is COc1ccc(CN=C(NCc2nnc(C)n2C)N(C)Cc2csc(C)n2)cc1.I. The summed E-state index contributed by atoms with van der Waals surface area (Å²) in [5.41, 5.74) is 2.14. The molecule has 1 N–H and O–H groups in total. The number of benzene rings is 1. The number of aliphatic imine (C=N–C) groups is 1. The fourth-order valence-electron chi connectivity index (χ4n) is 2.77. The fraction of sp³-hybridized carbons (Fsp3) is 0.400. The number of guanidine groups is 1. The Kier molecular flexibility index (Phi) is 9.03. The maximum atomic E-state index is 5.22. The zero-order chi connectivity index (χ0) is 20.8. The number of ether oxygens (including phenoxy) is 1. The van der Waals surface area contributed by atoms with Crippen LogP contribution < -0.4 is 10.1 Å². The monoisotopic (exact) mass is 541 g/mol. The van der Waals surface area contributed by atoms with E-state index in [4.69, 9.17) is 9.73 Å². The average molecular weight is 541 g/mol. The van der Waals surface area contributed by atoms with Crippen molar-refractivity contribution in [2.45, 2.75) is 33.5 Å². The average Bonchev–Trinajstić information content (AvgIpc) is 3.27. The highest BCUT2D eigenvalue weighted by molar-refractivity contribution is 14.0. The van der Waals surface area contributed by atoms with Gasteiger partial charge >= 0.3 is 0 Å². The fourth-order valence-corrected chi connectivity index (χ4v) is 3.37. The Hall–Kier alpha value is -2.21. The standard InChI is InChI=1S/C20H27N7OS.HI/c1-14-24-25-19(27(14)4)11-22-20(26(3)12-17-13-29-15(2)23-17)21-10-16-6-8-18(28-5)9-7-16;/h6-9,13H,10-12H2,1-5H3,(H,21,22);1H. The molecule has 8 nitrogen and oxygen atoms in total. The number of rotatable bonds is 7. The van der Waals surface area contributed by atoms with E-state index in [0.29, 0.717) is 19.6 Å². The van der Waals surface area contributed by atoms with Gasteiger partial charge in [0.15, 0.2) is 11.8 Å². The van der Waals surface area contributed by atoms with E-state index in [1.807, 2.05) is 56.8 Å². The molecule has 30 heavy (non-hydrogen) atoms. The van der Waals surface area contributed by atoms with Crippen LogP contribution in [0.2, 0.25) is 0 Å². The number of nitrogens with zero attached hydrogens (tertiary/aromatic N) is 6. The molecular weight excluding hydrogens is 513 g/mol. The predicted octanol–water partition coefficient (Wildman–Crippen LogP) is 3.29. The van der Waals surface area contributed by atoms with Gasteiger partial charge in [-0.05, 0) is 31.5 Å². The summed E-state index contributed by atoms with van der Waals surface area (Å²) >= 11 is 1.66. The molecule has 0 atom stereocenters. The largest absolute Gasteiger partial charge is 0.497 e. The molecule has 162 valence electrons. The highest BCUT2D eigenvalue weighted by Gasteiger charge is 2.12. The molecule has 0 spiro atoms. The summed E-state index contributed by atoms with van der Waals surface area (Å²) < 4.78 is 7.19. The molecule has 2 aromatic heterocycles. The molecule has 0 unspecified atom stereocenters. The summed E-state index contributed by atoms with van der Waals surface area (Å²) in [4.78, 5) is 11.4. The zero-order valence-corrected chi connectivity index (χ0v) is 21.1. The number of methoxy groups -OCH3 is 1. The van der Waals surface area contributed by atoms with Crippen LogP contribution in [-0.4, -0.2) is 44.8 Å². The lowest BCUT2D eigenvalue weighted by Crippen LogP contribution is -2.38. The lowest BCUT2D eigenvalue weighted by molar-refractivity contribution is 0.414. The van der Waals surface area contributed by atoms with Crippen LogP contribution in [0.1, 0.15) is 27.9 Å². The lowest BCUT2D eigenvalue weighted by Gasteiger charge is -2.21. The smallest absolute Gasteiger partial charge is 0.194 e. The van der Waals surface area contributed by atoms with Gasteiger partial charge in [-0.25, -0.2) is 9.98 Å². The highest BCUT2D eigenvalue weighted by atomic mass is 127. The molecule has 3 aromatic rings. The van der Waals surface area contributed by atoms with Crippen LogP contribution in [0, 0.1) is 13.8 Å². The first kappa shape index (κ1) is 24.1. The maximum absolute atomic E-state index is 5.22. The number of thiazole rings is 1. The van der Waals surface area contributed by atoms with E-state index in [9.17, 15) is 0 Å². The number of hydrogen-bond acceptors (Lipinski definition) is 6. The van der Waals surface area contributed by atoms with E-state index in [0.717, 1.165) is 39.6 Å². The predicted molar refractivity (Wildman–Crippen MR) is 130 cm³/mol. The first-order valence-corrected chi connectivity index (χ1v) is 10.2. The Balaban J connectivity index is 0.00000320. The molecule has 1 aromatic carbocycles. The van der Waals surface area contributed by atoms with E-state index in [1.54, 1.807) is 18.4 Å². The number of aryl methyl sites for hydroxylation is 2. The van der Waals surface area contributed by atoms with Crippen LogP contribution in [-0.2, 0) is 26.7 Å². The third kappa shape index (κ3) is 6.39. The molecule has 0 saturated carbocycles. The minimum absolute atomic E-state index is 0. The van der Waals surface area contributed by atoms with Crippen molar-refractivity contribution in [1.82, 2.24) is 30.0 Å². The van der Waals surface area contributed by atoms with E-state index in [2.05, 4.69) is 30.8 Å². The maximum Gasteiger partial charge on any atom is 0.194 e. The van der Waals surface area contributed by atoms with E-state index >= 15 is 0 Å². The lowest BCUT2D eigenvalue weighted by atomic mass is 10.2. The molecule has 0 bridgehead atoms. The van der Waals surface area contributed by atoms with Crippen molar-refractivity contribution >= 4 is 41.3 Å². The first-order chi connectivity index (χ1) is 14.0. The number of nitrogens with one attached hydrogen (secondary N) is 1. The Labute approximate surface area is 198 Å². The minimum atomic E-state index is 0. The first-order valence-electron chi connectivity index (χ1n) is 9.34. The van der Waals surface area contributed by atoms with Gasteiger partial charge in [0.2, 0.25) is 0 Å². The zero-order valence-electron chi connectivity index (χ0n) is 17.9. The van der Waals surface area contributed by atoms with Crippen molar-refractivity contribution in [3.05, 3.63) is 57.6 Å². The van der Waals surface area contributed by atoms with Gasteiger partial charge in [0.05, 0.1) is 37.4 Å². The van der Waals surface area contributed by atoms with Gasteiger partial charge in [-0.3, -0.25) is 0 Å². The quantitative estimate of drug-likeness (QED) is 0.281. The minimum Gasteiger partial charge on any atom is -0.497 e. The van der Waals surface area contributed by atoms with Gasteiger partial charge in [0.25, 0.3) is 0 Å². The highest BCUT2D eigenvalue weighted by Crippen LogP contribution is 2.13. The third-order valence-electron chi connectivity index (χ3n) is 4.59. The topological polar surface area (TPSA) is 80.5 Å². The summed E-state index contributed by atoms with van der Waals surface area (Å²) in [7, 11) is 5.64. The Morgan fingerprint density at radius 3 is 2.53 bits per heavy atom.